The van der Waals surface area contributed by atoms with Gasteiger partial charge in [-0.15, -0.1) is 0 Å². The fourth-order valence-corrected chi connectivity index (χ4v) is 1.85. The van der Waals surface area contributed by atoms with Gasteiger partial charge in [0.15, 0.2) is 0 Å². The normalized spacial score (nSPS) is 12.7. The molecule has 2 N–H and O–H groups in total. The van der Waals surface area contributed by atoms with Gasteiger partial charge in [0.2, 0.25) is 0 Å². The molecule has 2 aromatic heterocycles. The minimum absolute atomic E-state index is 0.0614. The number of carbonyl (C=O) groups excluding carboxylic acids is 1. The first kappa shape index (κ1) is 14.2. The lowest BCUT2D eigenvalue weighted by molar-refractivity contribution is 0.0934. The molecule has 0 saturated carbocycles. The number of hydrogen-bond donors (Lipinski definition) is 2. The molecule has 108 valence electrons. The van der Waals surface area contributed by atoms with E-state index in [1.165, 1.54) is 0 Å². The number of amides is 1. The number of carbonyl (C=O) groups is 1. The average molecular weight is 283 g/mol. The molecule has 0 fully saturated rings. The molecule has 0 aromatic carbocycles. The summed E-state index contributed by atoms with van der Waals surface area (Å²) in [6.07, 6.45) is -1.02. The highest BCUT2D eigenvalue weighted by atomic mass is 19.3. The Balaban J connectivity index is 2.09. The molecule has 2 aromatic rings. The molecule has 0 aliphatic rings. The standard InChI is InChI=1S/C12H15F2N5O/c1-6(8-5-15-19(3)7(8)2)16-12(20)10-4-9(11(13)14)17-18-10/h4-6,11H,1-3H3,(H,16,20)(H,17,18). The minimum atomic E-state index is -2.68. The van der Waals surface area contributed by atoms with Crippen LogP contribution in [-0.2, 0) is 7.05 Å². The number of halogens is 2. The van der Waals surface area contributed by atoms with Crippen molar-refractivity contribution in [3.63, 3.8) is 0 Å². The highest BCUT2D eigenvalue weighted by molar-refractivity contribution is 5.92. The van der Waals surface area contributed by atoms with E-state index in [4.69, 9.17) is 0 Å². The van der Waals surface area contributed by atoms with Gasteiger partial charge in [-0.2, -0.15) is 10.2 Å². The first-order valence-corrected chi connectivity index (χ1v) is 6.03. The number of aryl methyl sites for hydroxylation is 1. The molecular weight excluding hydrogens is 268 g/mol. The summed E-state index contributed by atoms with van der Waals surface area (Å²) in [5.41, 5.74) is 1.35. The van der Waals surface area contributed by atoms with E-state index in [9.17, 15) is 13.6 Å². The molecule has 6 nitrogen and oxygen atoms in total. The van der Waals surface area contributed by atoms with Crippen LogP contribution in [0.15, 0.2) is 12.3 Å². The lowest BCUT2D eigenvalue weighted by Crippen LogP contribution is -2.27. The maximum atomic E-state index is 12.4. The van der Waals surface area contributed by atoms with Crippen molar-refractivity contribution in [2.75, 3.05) is 0 Å². The fraction of sp³-hybridized carbons (Fsp3) is 0.417. The zero-order valence-electron chi connectivity index (χ0n) is 11.3. The first-order valence-electron chi connectivity index (χ1n) is 6.03. The van der Waals surface area contributed by atoms with Gasteiger partial charge < -0.3 is 5.32 Å². The molecular formula is C12H15F2N5O. The Labute approximate surface area is 114 Å². The molecule has 1 amide bonds. The number of H-pyrrole nitrogens is 1. The molecule has 2 rings (SSSR count). The molecule has 1 unspecified atom stereocenters. The SMILES string of the molecule is Cc1c(C(C)NC(=O)c2cc(C(F)F)[nH]n2)cnn1C. The van der Waals surface area contributed by atoms with E-state index in [2.05, 4.69) is 20.6 Å². The number of aromatic nitrogens is 4. The summed E-state index contributed by atoms with van der Waals surface area (Å²) in [4.78, 5) is 11.9. The van der Waals surface area contributed by atoms with Gasteiger partial charge in [-0.1, -0.05) is 0 Å². The Morgan fingerprint density at radius 3 is 2.70 bits per heavy atom. The van der Waals surface area contributed by atoms with Gasteiger partial charge in [-0.3, -0.25) is 14.6 Å². The van der Waals surface area contributed by atoms with E-state index in [1.54, 1.807) is 24.9 Å². The van der Waals surface area contributed by atoms with Crippen molar-refractivity contribution in [2.45, 2.75) is 26.3 Å². The number of nitrogens with one attached hydrogen (secondary N) is 2. The van der Waals surface area contributed by atoms with Gasteiger partial charge in [-0.25, -0.2) is 8.78 Å². The van der Waals surface area contributed by atoms with E-state index < -0.39 is 12.3 Å². The zero-order chi connectivity index (χ0) is 14.9. The van der Waals surface area contributed by atoms with Crippen LogP contribution < -0.4 is 5.32 Å². The average Bonchev–Trinajstić information content (AvgIpc) is 2.98. The summed E-state index contributed by atoms with van der Waals surface area (Å²) >= 11 is 0. The van der Waals surface area contributed by atoms with E-state index in [0.717, 1.165) is 17.3 Å². The van der Waals surface area contributed by atoms with Crippen molar-refractivity contribution in [1.29, 1.82) is 0 Å². The molecule has 0 radical (unpaired) electrons. The van der Waals surface area contributed by atoms with Crippen LogP contribution in [0.25, 0.3) is 0 Å². The molecule has 20 heavy (non-hydrogen) atoms. The van der Waals surface area contributed by atoms with Crippen LogP contribution in [0.4, 0.5) is 8.78 Å². The predicted molar refractivity (Wildman–Crippen MR) is 67.4 cm³/mol. The van der Waals surface area contributed by atoms with Crippen molar-refractivity contribution in [3.05, 3.63) is 34.9 Å². The molecule has 0 spiro atoms. The lowest BCUT2D eigenvalue weighted by Gasteiger charge is -2.12. The second-order valence-corrected chi connectivity index (χ2v) is 4.51. The lowest BCUT2D eigenvalue weighted by atomic mass is 10.1. The highest BCUT2D eigenvalue weighted by Crippen LogP contribution is 2.18. The van der Waals surface area contributed by atoms with Gasteiger partial charge in [0.1, 0.15) is 11.4 Å². The summed E-state index contributed by atoms with van der Waals surface area (Å²) in [7, 11) is 1.80. The largest absolute Gasteiger partial charge is 0.344 e. The highest BCUT2D eigenvalue weighted by Gasteiger charge is 2.19. The third kappa shape index (κ3) is 2.68. The van der Waals surface area contributed by atoms with Crippen LogP contribution in [0.2, 0.25) is 0 Å². The molecule has 0 aliphatic heterocycles. The van der Waals surface area contributed by atoms with Crippen LogP contribution in [0.3, 0.4) is 0 Å². The smallest absolute Gasteiger partial charge is 0.279 e. The van der Waals surface area contributed by atoms with Gasteiger partial charge in [0, 0.05) is 18.3 Å². The summed E-state index contributed by atoms with van der Waals surface area (Å²) in [6, 6.07) is 0.755. The second-order valence-electron chi connectivity index (χ2n) is 4.51. The number of aromatic amines is 1. The van der Waals surface area contributed by atoms with E-state index in [1.807, 2.05) is 6.92 Å². The molecule has 8 heteroatoms. The molecule has 1 atom stereocenters. The monoisotopic (exact) mass is 283 g/mol. The molecule has 0 bridgehead atoms. The first-order chi connectivity index (χ1) is 9.40. The second kappa shape index (κ2) is 5.40. The van der Waals surface area contributed by atoms with E-state index in [0.29, 0.717) is 0 Å². The maximum Gasteiger partial charge on any atom is 0.279 e. The summed E-state index contributed by atoms with van der Waals surface area (Å²) in [5.74, 6) is -0.510. The molecule has 2 heterocycles. The van der Waals surface area contributed by atoms with Gasteiger partial charge in [0.05, 0.1) is 12.2 Å². The van der Waals surface area contributed by atoms with Crippen molar-refractivity contribution in [2.24, 2.45) is 7.05 Å². The fourth-order valence-electron chi connectivity index (χ4n) is 1.85. The van der Waals surface area contributed by atoms with Crippen molar-refractivity contribution in [3.8, 4) is 0 Å². The molecule has 0 saturated heterocycles. The Kier molecular flexibility index (Phi) is 3.82. The number of rotatable bonds is 4. The summed E-state index contributed by atoms with van der Waals surface area (Å²) < 4.78 is 26.5. The van der Waals surface area contributed by atoms with Crippen molar-refractivity contribution >= 4 is 5.91 Å². The Bertz CT molecular complexity index is 619. The van der Waals surface area contributed by atoms with Crippen molar-refractivity contribution in [1.82, 2.24) is 25.3 Å². The maximum absolute atomic E-state index is 12.4. The van der Waals surface area contributed by atoms with Gasteiger partial charge >= 0.3 is 0 Å². The third-order valence-electron chi connectivity index (χ3n) is 3.15. The molecule has 0 aliphatic carbocycles. The Hall–Kier alpha value is -2.25. The van der Waals surface area contributed by atoms with E-state index in [-0.39, 0.29) is 17.4 Å². The van der Waals surface area contributed by atoms with Crippen LogP contribution in [0, 0.1) is 6.92 Å². The van der Waals surface area contributed by atoms with Crippen LogP contribution in [-0.4, -0.2) is 25.9 Å². The number of nitrogens with zero attached hydrogens (tertiary/aromatic N) is 3. The quantitative estimate of drug-likeness (QED) is 0.899. The zero-order valence-corrected chi connectivity index (χ0v) is 11.3. The van der Waals surface area contributed by atoms with Gasteiger partial charge in [0.25, 0.3) is 12.3 Å². The minimum Gasteiger partial charge on any atom is -0.344 e. The Morgan fingerprint density at radius 1 is 1.50 bits per heavy atom. The van der Waals surface area contributed by atoms with Gasteiger partial charge in [-0.05, 0) is 19.9 Å². The van der Waals surface area contributed by atoms with Crippen LogP contribution in [0.1, 0.15) is 46.8 Å². The Morgan fingerprint density at radius 2 is 2.20 bits per heavy atom. The van der Waals surface area contributed by atoms with Crippen molar-refractivity contribution < 1.29 is 13.6 Å². The van der Waals surface area contributed by atoms with Crippen LogP contribution in [0.5, 0.6) is 0 Å². The predicted octanol–water partition coefficient (Wildman–Crippen LogP) is 1.88. The summed E-state index contributed by atoms with van der Waals surface area (Å²) in [6.45, 7) is 3.68. The van der Waals surface area contributed by atoms with E-state index >= 15 is 0 Å². The third-order valence-corrected chi connectivity index (χ3v) is 3.15. The van der Waals surface area contributed by atoms with Crippen LogP contribution >= 0.6 is 0 Å². The summed E-state index contributed by atoms with van der Waals surface area (Å²) in [5, 5.41) is 12.5. The number of hydrogen-bond acceptors (Lipinski definition) is 3. The number of alkyl halides is 2. The topological polar surface area (TPSA) is 75.6 Å².